The van der Waals surface area contributed by atoms with Crippen LogP contribution < -0.4 is 11.1 Å². The van der Waals surface area contributed by atoms with Crippen LogP contribution in [0.15, 0.2) is 0 Å². The first-order chi connectivity index (χ1) is 9.43. The minimum atomic E-state index is 0.217. The predicted octanol–water partition coefficient (Wildman–Crippen LogP) is 1.99. The molecule has 3 N–H and O–H groups in total. The zero-order valence-corrected chi connectivity index (χ0v) is 13.7. The Labute approximate surface area is 124 Å². The number of nitrogens with one attached hydrogen (secondary N) is 1. The van der Waals surface area contributed by atoms with Crippen LogP contribution in [0.2, 0.25) is 0 Å². The number of likely N-dealkylation sites (tertiary alicyclic amines) is 1. The molecule has 0 aromatic rings. The molecule has 1 aliphatic rings. The van der Waals surface area contributed by atoms with Crippen molar-refractivity contribution >= 4 is 5.91 Å². The van der Waals surface area contributed by atoms with Gasteiger partial charge in [-0.25, -0.2) is 0 Å². The van der Waals surface area contributed by atoms with Crippen LogP contribution >= 0.6 is 0 Å². The van der Waals surface area contributed by atoms with E-state index in [1.54, 1.807) is 0 Å². The Bertz CT molecular complexity index is 293. The first kappa shape index (κ1) is 17.4. The number of piperidine rings is 1. The largest absolute Gasteiger partial charge is 0.353 e. The Morgan fingerprint density at radius 2 is 2.10 bits per heavy atom. The van der Waals surface area contributed by atoms with Crippen LogP contribution in [0.25, 0.3) is 0 Å². The maximum Gasteiger partial charge on any atom is 0.220 e. The van der Waals surface area contributed by atoms with Crippen molar-refractivity contribution in [2.45, 2.75) is 65.0 Å². The molecule has 4 nitrogen and oxygen atoms in total. The number of carbonyl (C=O) groups excluding carboxylic acids is 1. The number of carbonyl (C=O) groups is 1. The van der Waals surface area contributed by atoms with Crippen molar-refractivity contribution < 1.29 is 4.79 Å². The fourth-order valence-corrected chi connectivity index (χ4v) is 3.06. The molecule has 3 unspecified atom stereocenters. The summed E-state index contributed by atoms with van der Waals surface area (Å²) in [4.78, 5) is 14.4. The molecule has 3 atom stereocenters. The Hall–Kier alpha value is -0.610. The Balaban J connectivity index is 2.29. The second kappa shape index (κ2) is 8.63. The number of hydrogen-bond acceptors (Lipinski definition) is 3. The van der Waals surface area contributed by atoms with E-state index in [1.165, 1.54) is 0 Å². The highest BCUT2D eigenvalue weighted by Gasteiger charge is 2.24. The number of hydrogen-bond donors (Lipinski definition) is 2. The van der Waals surface area contributed by atoms with Gasteiger partial charge in [-0.05, 0) is 58.0 Å². The Kier molecular flexibility index (Phi) is 7.52. The lowest BCUT2D eigenvalue weighted by atomic mass is 9.88. The fourth-order valence-electron chi connectivity index (χ4n) is 3.06. The van der Waals surface area contributed by atoms with Crippen LogP contribution in [-0.4, -0.2) is 43.0 Å². The first-order valence-corrected chi connectivity index (χ1v) is 8.13. The quantitative estimate of drug-likeness (QED) is 0.751. The van der Waals surface area contributed by atoms with Crippen LogP contribution in [0, 0.1) is 11.8 Å². The van der Waals surface area contributed by atoms with Crippen LogP contribution in [0.3, 0.4) is 0 Å². The zero-order valence-electron chi connectivity index (χ0n) is 13.7. The van der Waals surface area contributed by atoms with Gasteiger partial charge in [-0.3, -0.25) is 4.79 Å². The summed E-state index contributed by atoms with van der Waals surface area (Å²) in [5, 5.41) is 3.21. The van der Waals surface area contributed by atoms with Gasteiger partial charge in [0.25, 0.3) is 0 Å². The highest BCUT2D eigenvalue weighted by atomic mass is 16.1. The minimum absolute atomic E-state index is 0.217. The molecule has 0 saturated carbocycles. The second-order valence-electron chi connectivity index (χ2n) is 6.74. The summed E-state index contributed by atoms with van der Waals surface area (Å²) in [7, 11) is 2.16. The molecule has 20 heavy (non-hydrogen) atoms. The van der Waals surface area contributed by atoms with E-state index in [1.807, 2.05) is 0 Å². The fraction of sp³-hybridized carbons (Fsp3) is 0.938. The van der Waals surface area contributed by atoms with Gasteiger partial charge in [0.1, 0.15) is 0 Å². The van der Waals surface area contributed by atoms with Crippen molar-refractivity contribution in [3.05, 3.63) is 0 Å². The number of rotatable bonds is 7. The van der Waals surface area contributed by atoms with Crippen molar-refractivity contribution in [3.63, 3.8) is 0 Å². The van der Waals surface area contributed by atoms with Crippen LogP contribution in [0.4, 0.5) is 0 Å². The molecule has 1 aliphatic heterocycles. The van der Waals surface area contributed by atoms with Crippen molar-refractivity contribution in [1.29, 1.82) is 0 Å². The normalized spacial score (nSPS) is 25.7. The summed E-state index contributed by atoms with van der Waals surface area (Å²) in [6, 6.07) is 0.926. The molecule has 0 aromatic heterocycles. The van der Waals surface area contributed by atoms with Crippen molar-refractivity contribution in [1.82, 2.24) is 10.2 Å². The number of nitrogens with two attached hydrogens (primary N) is 1. The molecule has 0 spiro atoms. The molecule has 1 fully saturated rings. The van der Waals surface area contributed by atoms with Gasteiger partial charge in [0.2, 0.25) is 5.91 Å². The average Bonchev–Trinajstić information content (AvgIpc) is 2.38. The summed E-state index contributed by atoms with van der Waals surface area (Å²) in [6.07, 6.45) is 4.77. The molecule has 0 aromatic carbocycles. The third-order valence-corrected chi connectivity index (χ3v) is 4.80. The molecule has 1 heterocycles. The third-order valence-electron chi connectivity index (χ3n) is 4.80. The van der Waals surface area contributed by atoms with Gasteiger partial charge >= 0.3 is 0 Å². The SMILES string of the molecule is CC(C)C(CCN)CCC(=O)NC1CCN(C)C(C)C1. The molecule has 0 radical (unpaired) electrons. The maximum absolute atomic E-state index is 12.1. The molecule has 0 aliphatic carbocycles. The Morgan fingerprint density at radius 3 is 2.65 bits per heavy atom. The summed E-state index contributed by atoms with van der Waals surface area (Å²) in [5.41, 5.74) is 5.65. The van der Waals surface area contributed by atoms with Gasteiger partial charge in [-0.2, -0.15) is 0 Å². The van der Waals surface area contributed by atoms with Crippen LogP contribution in [0.1, 0.15) is 52.9 Å². The lowest BCUT2D eigenvalue weighted by Crippen LogP contribution is -2.47. The molecular formula is C16H33N3O. The predicted molar refractivity (Wildman–Crippen MR) is 84.5 cm³/mol. The van der Waals surface area contributed by atoms with E-state index < -0.39 is 0 Å². The number of nitrogens with zero attached hydrogens (tertiary/aromatic N) is 1. The van der Waals surface area contributed by atoms with Gasteiger partial charge < -0.3 is 16.0 Å². The Morgan fingerprint density at radius 1 is 1.40 bits per heavy atom. The molecule has 1 rings (SSSR count). The van der Waals surface area contributed by atoms with E-state index in [2.05, 4.69) is 38.0 Å². The zero-order chi connectivity index (χ0) is 15.1. The molecular weight excluding hydrogens is 250 g/mol. The second-order valence-corrected chi connectivity index (χ2v) is 6.74. The highest BCUT2D eigenvalue weighted by molar-refractivity contribution is 5.76. The van der Waals surface area contributed by atoms with Crippen LogP contribution in [-0.2, 0) is 4.79 Å². The maximum atomic E-state index is 12.1. The lowest BCUT2D eigenvalue weighted by molar-refractivity contribution is -0.122. The van der Waals surface area contributed by atoms with Gasteiger partial charge in [0.15, 0.2) is 0 Å². The van der Waals surface area contributed by atoms with Crippen molar-refractivity contribution in [2.24, 2.45) is 17.6 Å². The molecule has 1 amide bonds. The standard InChI is InChI=1S/C16H33N3O/c1-12(2)14(7-9-17)5-6-16(20)18-15-8-10-19(4)13(3)11-15/h12-15H,5-11,17H2,1-4H3,(H,18,20). The van der Waals surface area contributed by atoms with E-state index >= 15 is 0 Å². The lowest BCUT2D eigenvalue weighted by Gasteiger charge is -2.35. The summed E-state index contributed by atoms with van der Waals surface area (Å²) >= 11 is 0. The molecule has 1 saturated heterocycles. The van der Waals surface area contributed by atoms with E-state index in [-0.39, 0.29) is 5.91 Å². The minimum Gasteiger partial charge on any atom is -0.353 e. The van der Waals surface area contributed by atoms with Gasteiger partial charge in [0.05, 0.1) is 0 Å². The smallest absolute Gasteiger partial charge is 0.220 e. The first-order valence-electron chi connectivity index (χ1n) is 8.13. The number of amides is 1. The van der Waals surface area contributed by atoms with Gasteiger partial charge in [-0.15, -0.1) is 0 Å². The van der Waals surface area contributed by atoms with E-state index in [9.17, 15) is 4.79 Å². The van der Waals surface area contributed by atoms with Crippen molar-refractivity contribution in [3.8, 4) is 0 Å². The van der Waals surface area contributed by atoms with E-state index in [4.69, 9.17) is 5.73 Å². The van der Waals surface area contributed by atoms with Gasteiger partial charge in [-0.1, -0.05) is 13.8 Å². The molecule has 4 heteroatoms. The van der Waals surface area contributed by atoms with Crippen LogP contribution in [0.5, 0.6) is 0 Å². The molecule has 0 bridgehead atoms. The van der Waals surface area contributed by atoms with Gasteiger partial charge in [0, 0.05) is 25.0 Å². The third kappa shape index (κ3) is 5.80. The molecule has 118 valence electrons. The average molecular weight is 283 g/mol. The highest BCUT2D eigenvalue weighted by Crippen LogP contribution is 2.21. The van der Waals surface area contributed by atoms with E-state index in [0.29, 0.717) is 30.3 Å². The summed E-state index contributed by atoms with van der Waals surface area (Å²) < 4.78 is 0. The summed E-state index contributed by atoms with van der Waals surface area (Å²) in [5.74, 6) is 1.39. The summed E-state index contributed by atoms with van der Waals surface area (Å²) in [6.45, 7) is 8.47. The monoisotopic (exact) mass is 283 g/mol. The van der Waals surface area contributed by atoms with Crippen molar-refractivity contribution in [2.75, 3.05) is 20.1 Å². The van der Waals surface area contributed by atoms with E-state index in [0.717, 1.165) is 38.8 Å². The topological polar surface area (TPSA) is 58.4 Å².